The first-order valence-corrected chi connectivity index (χ1v) is 7.15. The normalized spacial score (nSPS) is 27.7. The maximum Gasteiger partial charge on any atom is 0.110 e. The number of piperidine rings is 1. The van der Waals surface area contributed by atoms with Crippen LogP contribution in [0.5, 0.6) is 0 Å². The molecule has 2 saturated heterocycles. The first-order valence-electron chi connectivity index (χ1n) is 7.15. The summed E-state index contributed by atoms with van der Waals surface area (Å²) in [5, 5.41) is 10.3. The van der Waals surface area contributed by atoms with E-state index in [4.69, 9.17) is 0 Å². The van der Waals surface area contributed by atoms with Crippen LogP contribution in [0, 0.1) is 5.92 Å². The molecule has 1 spiro atoms. The van der Waals surface area contributed by atoms with Gasteiger partial charge in [-0.15, -0.1) is 0 Å². The fourth-order valence-corrected chi connectivity index (χ4v) is 3.32. The zero-order valence-corrected chi connectivity index (χ0v) is 11.8. The van der Waals surface area contributed by atoms with E-state index < -0.39 is 0 Å². The Morgan fingerprint density at radius 1 is 0.941 bits per heavy atom. The van der Waals surface area contributed by atoms with Crippen molar-refractivity contribution in [3.05, 3.63) is 0 Å². The smallest absolute Gasteiger partial charge is 0.110 e. The molecule has 0 aliphatic carbocycles. The highest BCUT2D eigenvalue weighted by Crippen LogP contribution is 2.42. The summed E-state index contributed by atoms with van der Waals surface area (Å²) in [5.41, 5.74) is 0.328. The number of nitrogens with zero attached hydrogens (tertiary/aromatic N) is 2. The maximum atomic E-state index is 10.3. The summed E-state index contributed by atoms with van der Waals surface area (Å²) in [6, 6.07) is 0.663. The summed E-state index contributed by atoms with van der Waals surface area (Å²) < 4.78 is 0. The number of hydrogen-bond donors (Lipinski definition) is 1. The van der Waals surface area contributed by atoms with Gasteiger partial charge in [-0.05, 0) is 39.0 Å². The summed E-state index contributed by atoms with van der Waals surface area (Å²) in [6.45, 7) is 12.2. The topological polar surface area (TPSA) is 26.7 Å². The van der Waals surface area contributed by atoms with E-state index in [2.05, 4.69) is 37.5 Å². The highest BCUT2D eigenvalue weighted by molar-refractivity contribution is 5.04. The van der Waals surface area contributed by atoms with Crippen molar-refractivity contribution in [1.29, 1.82) is 0 Å². The van der Waals surface area contributed by atoms with Gasteiger partial charge in [-0.1, -0.05) is 13.8 Å². The Kier molecular flexibility index (Phi) is 3.81. The molecule has 17 heavy (non-hydrogen) atoms. The number of hydrogen-bond acceptors (Lipinski definition) is 3. The van der Waals surface area contributed by atoms with Crippen LogP contribution in [0.3, 0.4) is 0 Å². The van der Waals surface area contributed by atoms with Crippen LogP contribution in [0.2, 0.25) is 0 Å². The van der Waals surface area contributed by atoms with Crippen molar-refractivity contribution in [2.24, 2.45) is 5.92 Å². The molecule has 0 radical (unpaired) electrons. The zero-order valence-electron chi connectivity index (χ0n) is 11.8. The molecular weight excluding hydrogens is 212 g/mol. The van der Waals surface area contributed by atoms with Gasteiger partial charge in [0.05, 0.1) is 0 Å². The van der Waals surface area contributed by atoms with Crippen LogP contribution in [-0.4, -0.2) is 52.3 Å². The minimum atomic E-state index is -0.241. The van der Waals surface area contributed by atoms with E-state index in [0.717, 1.165) is 6.54 Å². The van der Waals surface area contributed by atoms with E-state index in [1.807, 2.05) is 0 Å². The van der Waals surface area contributed by atoms with Crippen molar-refractivity contribution in [3.63, 3.8) is 0 Å². The fourth-order valence-electron chi connectivity index (χ4n) is 3.32. The summed E-state index contributed by atoms with van der Waals surface area (Å²) in [7, 11) is 0. The fraction of sp³-hybridized carbons (Fsp3) is 1.00. The van der Waals surface area contributed by atoms with E-state index in [0.29, 0.717) is 17.5 Å². The summed E-state index contributed by atoms with van der Waals surface area (Å²) in [6.07, 6.45) is 3.50. The molecule has 2 aliphatic rings. The quantitative estimate of drug-likeness (QED) is 0.816. The second kappa shape index (κ2) is 4.87. The second-order valence-corrected chi connectivity index (χ2v) is 6.46. The molecule has 100 valence electrons. The van der Waals surface area contributed by atoms with Gasteiger partial charge in [0.2, 0.25) is 0 Å². The standard InChI is InChI=1S/C14H28N2O/c1-11(2)13(17)16-10-7-14(16)5-8-15(9-6-14)12(3)4/h11-13,17H,5-10H2,1-4H3. The van der Waals surface area contributed by atoms with Crippen molar-refractivity contribution >= 4 is 0 Å². The summed E-state index contributed by atoms with van der Waals surface area (Å²) in [5.74, 6) is 0.343. The van der Waals surface area contributed by atoms with E-state index >= 15 is 0 Å². The minimum Gasteiger partial charge on any atom is -0.378 e. The third-order valence-corrected chi connectivity index (χ3v) is 4.80. The molecule has 0 aromatic carbocycles. The lowest BCUT2D eigenvalue weighted by atomic mass is 9.75. The Bertz CT molecular complexity index is 257. The maximum absolute atomic E-state index is 10.3. The van der Waals surface area contributed by atoms with E-state index in [1.54, 1.807) is 0 Å². The number of aliphatic hydroxyl groups excluding tert-OH is 1. The molecule has 2 aliphatic heterocycles. The molecule has 3 heteroatoms. The van der Waals surface area contributed by atoms with Gasteiger partial charge >= 0.3 is 0 Å². The van der Waals surface area contributed by atoms with Crippen LogP contribution >= 0.6 is 0 Å². The first kappa shape index (κ1) is 13.3. The molecular formula is C14H28N2O. The Hall–Kier alpha value is -0.120. The summed E-state index contributed by atoms with van der Waals surface area (Å²) in [4.78, 5) is 4.92. The Morgan fingerprint density at radius 3 is 1.82 bits per heavy atom. The molecule has 0 aromatic heterocycles. The molecule has 0 amide bonds. The van der Waals surface area contributed by atoms with Gasteiger partial charge in [0.1, 0.15) is 6.23 Å². The SMILES string of the molecule is CC(C)C(O)N1CCC12CCN(C(C)C)CC2. The molecule has 3 nitrogen and oxygen atoms in total. The van der Waals surface area contributed by atoms with Crippen molar-refractivity contribution in [3.8, 4) is 0 Å². The summed E-state index contributed by atoms with van der Waals surface area (Å²) >= 11 is 0. The van der Waals surface area contributed by atoms with Crippen LogP contribution in [0.15, 0.2) is 0 Å². The monoisotopic (exact) mass is 240 g/mol. The van der Waals surface area contributed by atoms with Gasteiger partial charge in [-0.25, -0.2) is 0 Å². The Balaban J connectivity index is 1.94. The lowest BCUT2D eigenvalue weighted by Crippen LogP contribution is -2.68. The predicted octanol–water partition coefficient (Wildman–Crippen LogP) is 1.91. The lowest BCUT2D eigenvalue weighted by molar-refractivity contribution is -0.168. The first-order chi connectivity index (χ1) is 7.96. The highest BCUT2D eigenvalue weighted by Gasteiger charge is 2.49. The van der Waals surface area contributed by atoms with Crippen LogP contribution in [0.25, 0.3) is 0 Å². The lowest BCUT2D eigenvalue weighted by Gasteiger charge is -2.59. The Labute approximate surface area is 106 Å². The van der Waals surface area contributed by atoms with Gasteiger partial charge in [0, 0.05) is 31.2 Å². The zero-order chi connectivity index (χ0) is 12.6. The molecule has 0 bridgehead atoms. The van der Waals surface area contributed by atoms with Gasteiger partial charge in [-0.3, -0.25) is 4.90 Å². The largest absolute Gasteiger partial charge is 0.378 e. The second-order valence-electron chi connectivity index (χ2n) is 6.46. The number of rotatable bonds is 3. The Morgan fingerprint density at radius 2 is 1.47 bits per heavy atom. The average molecular weight is 240 g/mol. The molecule has 1 atom stereocenters. The third kappa shape index (κ3) is 2.38. The molecule has 0 aromatic rings. The molecule has 1 N–H and O–H groups in total. The van der Waals surface area contributed by atoms with E-state index in [9.17, 15) is 5.11 Å². The van der Waals surface area contributed by atoms with Crippen LogP contribution in [0.4, 0.5) is 0 Å². The van der Waals surface area contributed by atoms with Gasteiger partial charge in [0.25, 0.3) is 0 Å². The van der Waals surface area contributed by atoms with Crippen LogP contribution in [-0.2, 0) is 0 Å². The van der Waals surface area contributed by atoms with E-state index in [1.165, 1.54) is 32.4 Å². The number of aliphatic hydroxyl groups is 1. The molecule has 2 fully saturated rings. The average Bonchev–Trinajstić information content (AvgIpc) is 2.27. The highest BCUT2D eigenvalue weighted by atomic mass is 16.3. The van der Waals surface area contributed by atoms with E-state index in [-0.39, 0.29) is 6.23 Å². The number of likely N-dealkylation sites (tertiary alicyclic amines) is 2. The third-order valence-electron chi connectivity index (χ3n) is 4.80. The van der Waals surface area contributed by atoms with Crippen LogP contribution in [0.1, 0.15) is 47.0 Å². The van der Waals surface area contributed by atoms with Gasteiger partial charge < -0.3 is 10.0 Å². The molecule has 2 heterocycles. The van der Waals surface area contributed by atoms with Gasteiger partial charge in [-0.2, -0.15) is 0 Å². The molecule has 0 saturated carbocycles. The minimum absolute atomic E-state index is 0.241. The van der Waals surface area contributed by atoms with Gasteiger partial charge in [0.15, 0.2) is 0 Å². The van der Waals surface area contributed by atoms with Crippen molar-refractivity contribution in [2.45, 2.75) is 64.8 Å². The van der Waals surface area contributed by atoms with Crippen molar-refractivity contribution in [2.75, 3.05) is 19.6 Å². The predicted molar refractivity (Wildman–Crippen MR) is 70.8 cm³/mol. The van der Waals surface area contributed by atoms with Crippen molar-refractivity contribution in [1.82, 2.24) is 9.80 Å². The molecule has 1 unspecified atom stereocenters. The van der Waals surface area contributed by atoms with Crippen molar-refractivity contribution < 1.29 is 5.11 Å². The molecule has 2 rings (SSSR count). The van der Waals surface area contributed by atoms with Crippen LogP contribution < -0.4 is 0 Å².